The van der Waals surface area contributed by atoms with Crippen molar-refractivity contribution in [2.75, 3.05) is 4.90 Å². The van der Waals surface area contributed by atoms with Crippen molar-refractivity contribution in [2.45, 2.75) is 0 Å². The molecule has 3 nitrogen and oxygen atoms in total. The molecule has 1 aliphatic rings. The molecule has 1 aromatic rings. The Balaban J connectivity index is 2.36. The number of anilines is 1. The van der Waals surface area contributed by atoms with Gasteiger partial charge in [-0.15, -0.1) is 0 Å². The maximum absolute atomic E-state index is 11.3. The number of imide groups is 1. The van der Waals surface area contributed by atoms with Gasteiger partial charge in [-0.2, -0.15) is 0 Å². The lowest BCUT2D eigenvalue weighted by atomic mass is 10.3. The molecular formula is C10H9NO2Si. The van der Waals surface area contributed by atoms with Gasteiger partial charge in [0.05, 0.1) is 5.69 Å². The molecule has 0 bridgehead atoms. The van der Waals surface area contributed by atoms with Gasteiger partial charge in [0.25, 0.3) is 11.8 Å². The standard InChI is InChI=1S/C10H9NO2Si/c12-9-5-6-10(13)11(9)7-1-3-8(14)4-2-7/h1-6H,14H3. The second kappa shape index (κ2) is 3.23. The molecule has 1 aromatic carbocycles. The van der Waals surface area contributed by atoms with Crippen LogP contribution in [0.5, 0.6) is 0 Å². The topological polar surface area (TPSA) is 37.4 Å². The van der Waals surface area contributed by atoms with Crippen molar-refractivity contribution in [3.05, 3.63) is 36.4 Å². The van der Waals surface area contributed by atoms with Crippen LogP contribution in [0.1, 0.15) is 0 Å². The molecule has 0 radical (unpaired) electrons. The van der Waals surface area contributed by atoms with Gasteiger partial charge in [0.15, 0.2) is 0 Å². The summed E-state index contributed by atoms with van der Waals surface area (Å²) in [4.78, 5) is 23.8. The Morgan fingerprint density at radius 2 is 1.43 bits per heavy atom. The fourth-order valence-electron chi connectivity index (χ4n) is 1.35. The molecule has 1 heterocycles. The highest BCUT2D eigenvalue weighted by molar-refractivity contribution is 6.32. The largest absolute Gasteiger partial charge is 0.269 e. The third-order valence-electron chi connectivity index (χ3n) is 2.10. The smallest absolute Gasteiger partial charge is 0.258 e. The zero-order chi connectivity index (χ0) is 10.1. The van der Waals surface area contributed by atoms with Gasteiger partial charge in [0.1, 0.15) is 0 Å². The fraction of sp³-hybridized carbons (Fsp3) is 0. The maximum atomic E-state index is 11.3. The van der Waals surface area contributed by atoms with Gasteiger partial charge >= 0.3 is 0 Å². The van der Waals surface area contributed by atoms with Crippen LogP contribution < -0.4 is 10.1 Å². The Hall–Kier alpha value is -1.68. The molecule has 0 saturated carbocycles. The zero-order valence-electron chi connectivity index (χ0n) is 7.73. The summed E-state index contributed by atoms with van der Waals surface area (Å²) in [5.74, 6) is -0.535. The van der Waals surface area contributed by atoms with Gasteiger partial charge in [-0.05, 0) is 12.1 Å². The van der Waals surface area contributed by atoms with Gasteiger partial charge in [-0.1, -0.05) is 17.3 Å². The van der Waals surface area contributed by atoms with Gasteiger partial charge in [-0.3, -0.25) is 9.59 Å². The molecule has 0 unspecified atom stereocenters. The molecule has 4 heteroatoms. The second-order valence-corrected chi connectivity index (χ2v) is 4.34. The highest BCUT2D eigenvalue weighted by Crippen LogP contribution is 2.16. The summed E-state index contributed by atoms with van der Waals surface area (Å²) in [6, 6.07) is 7.46. The van der Waals surface area contributed by atoms with E-state index in [0.717, 1.165) is 10.2 Å². The number of hydrogen-bond donors (Lipinski definition) is 0. The van der Waals surface area contributed by atoms with Crippen LogP contribution in [0.4, 0.5) is 5.69 Å². The van der Waals surface area contributed by atoms with Crippen LogP contribution in [0.15, 0.2) is 36.4 Å². The van der Waals surface area contributed by atoms with Crippen LogP contribution in [-0.2, 0) is 9.59 Å². The molecule has 2 rings (SSSR count). The minimum Gasteiger partial charge on any atom is -0.269 e. The number of hydrogen-bond acceptors (Lipinski definition) is 2. The summed E-state index contributed by atoms with van der Waals surface area (Å²) in [5, 5.41) is 1.24. The number of carbonyl (C=O) groups is 2. The van der Waals surface area contributed by atoms with Crippen molar-refractivity contribution >= 4 is 32.9 Å². The Morgan fingerprint density at radius 3 is 1.93 bits per heavy atom. The highest BCUT2D eigenvalue weighted by Gasteiger charge is 2.24. The minimum absolute atomic E-state index is 0.268. The number of rotatable bonds is 1. The van der Waals surface area contributed by atoms with E-state index in [4.69, 9.17) is 0 Å². The number of benzene rings is 1. The summed E-state index contributed by atoms with van der Waals surface area (Å²) < 4.78 is 0. The summed E-state index contributed by atoms with van der Waals surface area (Å²) in [6.07, 6.45) is 2.58. The SMILES string of the molecule is O=C1C=CC(=O)N1c1ccc([SiH3])cc1. The van der Waals surface area contributed by atoms with Crippen molar-refractivity contribution in [2.24, 2.45) is 0 Å². The Bertz CT molecular complexity index is 404. The van der Waals surface area contributed by atoms with E-state index in [2.05, 4.69) is 0 Å². The van der Waals surface area contributed by atoms with Crippen LogP contribution >= 0.6 is 0 Å². The number of nitrogens with zero attached hydrogens (tertiary/aromatic N) is 1. The third kappa shape index (κ3) is 1.40. The van der Waals surface area contributed by atoms with Crippen molar-refractivity contribution in [3.8, 4) is 0 Å². The van der Waals surface area contributed by atoms with Gasteiger partial charge in [-0.25, -0.2) is 4.90 Å². The highest BCUT2D eigenvalue weighted by atomic mass is 28.1. The average Bonchev–Trinajstić information content (AvgIpc) is 2.49. The van der Waals surface area contributed by atoms with Gasteiger partial charge in [0.2, 0.25) is 0 Å². The van der Waals surface area contributed by atoms with E-state index in [1.165, 1.54) is 22.2 Å². The lowest BCUT2D eigenvalue weighted by Crippen LogP contribution is -2.29. The van der Waals surface area contributed by atoms with Crippen LogP contribution in [0.2, 0.25) is 0 Å². The van der Waals surface area contributed by atoms with E-state index in [1.807, 2.05) is 12.1 Å². The quantitative estimate of drug-likeness (QED) is 0.438. The number of carbonyl (C=O) groups excluding carboxylic acids is 2. The molecule has 0 atom stereocenters. The molecular weight excluding hydrogens is 194 g/mol. The zero-order valence-corrected chi connectivity index (χ0v) is 9.73. The van der Waals surface area contributed by atoms with E-state index >= 15 is 0 Å². The van der Waals surface area contributed by atoms with E-state index in [1.54, 1.807) is 12.1 Å². The van der Waals surface area contributed by atoms with Crippen molar-refractivity contribution in [1.29, 1.82) is 0 Å². The molecule has 0 fully saturated rings. The predicted octanol–water partition coefficient (Wildman–Crippen LogP) is -0.893. The molecule has 0 aliphatic carbocycles. The first-order chi connectivity index (χ1) is 6.68. The van der Waals surface area contributed by atoms with Crippen LogP contribution in [0.25, 0.3) is 0 Å². The van der Waals surface area contributed by atoms with Crippen molar-refractivity contribution in [3.63, 3.8) is 0 Å². The lowest BCUT2D eigenvalue weighted by Gasteiger charge is -2.13. The Morgan fingerprint density at radius 1 is 0.929 bits per heavy atom. The summed E-state index contributed by atoms with van der Waals surface area (Å²) in [5.41, 5.74) is 0.643. The summed E-state index contributed by atoms with van der Waals surface area (Å²) in [6.45, 7) is 0. The minimum atomic E-state index is -0.268. The molecule has 70 valence electrons. The van der Waals surface area contributed by atoms with Crippen LogP contribution in [0, 0.1) is 0 Å². The molecule has 14 heavy (non-hydrogen) atoms. The normalized spacial score (nSPS) is 15.6. The van der Waals surface area contributed by atoms with Crippen LogP contribution in [-0.4, -0.2) is 22.1 Å². The third-order valence-corrected chi connectivity index (χ3v) is 2.77. The first-order valence-electron chi connectivity index (χ1n) is 4.31. The molecule has 2 amide bonds. The van der Waals surface area contributed by atoms with Crippen LogP contribution in [0.3, 0.4) is 0 Å². The van der Waals surface area contributed by atoms with Gasteiger partial charge in [0, 0.05) is 22.4 Å². The predicted molar refractivity (Wildman–Crippen MR) is 57.6 cm³/mol. The molecule has 1 aliphatic heterocycles. The molecule has 0 aromatic heterocycles. The monoisotopic (exact) mass is 203 g/mol. The fourth-order valence-corrected chi connectivity index (χ4v) is 1.68. The van der Waals surface area contributed by atoms with E-state index in [-0.39, 0.29) is 11.8 Å². The van der Waals surface area contributed by atoms with Gasteiger partial charge < -0.3 is 0 Å². The maximum Gasteiger partial charge on any atom is 0.258 e. The first kappa shape index (κ1) is 8.90. The molecule has 0 saturated heterocycles. The Kier molecular flexibility index (Phi) is 2.05. The average molecular weight is 203 g/mol. The molecule has 0 N–H and O–H groups in total. The second-order valence-electron chi connectivity index (χ2n) is 3.18. The summed E-state index contributed by atoms with van der Waals surface area (Å²) in [7, 11) is 0.972. The first-order valence-corrected chi connectivity index (χ1v) is 5.31. The summed E-state index contributed by atoms with van der Waals surface area (Å²) >= 11 is 0. The lowest BCUT2D eigenvalue weighted by molar-refractivity contribution is -0.119. The van der Waals surface area contributed by atoms with E-state index in [0.29, 0.717) is 5.69 Å². The number of amides is 2. The van der Waals surface area contributed by atoms with E-state index < -0.39 is 0 Å². The van der Waals surface area contributed by atoms with Crippen molar-refractivity contribution in [1.82, 2.24) is 0 Å². The Labute approximate surface area is 84.4 Å². The van der Waals surface area contributed by atoms with E-state index in [9.17, 15) is 9.59 Å². The molecule has 0 spiro atoms. The van der Waals surface area contributed by atoms with Crippen molar-refractivity contribution < 1.29 is 9.59 Å².